The Morgan fingerprint density at radius 3 is 2.50 bits per heavy atom. The number of aromatic nitrogens is 1. The van der Waals surface area contributed by atoms with Crippen LogP contribution in [0.15, 0.2) is 66.7 Å². The van der Waals surface area contributed by atoms with Crippen molar-refractivity contribution in [1.29, 1.82) is 0 Å². The number of nitrogens with one attached hydrogen (secondary N) is 1. The van der Waals surface area contributed by atoms with E-state index >= 15 is 0 Å². The maximum atomic E-state index is 6.05. The minimum atomic E-state index is 0.228. The van der Waals surface area contributed by atoms with E-state index in [1.165, 1.54) is 27.7 Å². The number of fused-ring (bicyclic) bond motifs is 1. The molecule has 2 atom stereocenters. The third-order valence-electron chi connectivity index (χ3n) is 5.00. The summed E-state index contributed by atoms with van der Waals surface area (Å²) in [7, 11) is 0. The molecule has 2 nitrogen and oxygen atoms in total. The SMILES string of the molecule is Cc1c(C2C=CC(OCc3ccccc3)CC2)[nH]c2ccccc12. The van der Waals surface area contributed by atoms with Gasteiger partial charge < -0.3 is 9.72 Å². The van der Waals surface area contributed by atoms with Gasteiger partial charge in [0.25, 0.3) is 0 Å². The molecule has 1 aromatic heterocycles. The molecule has 24 heavy (non-hydrogen) atoms. The number of para-hydroxylation sites is 1. The van der Waals surface area contributed by atoms with E-state index in [-0.39, 0.29) is 6.10 Å². The van der Waals surface area contributed by atoms with Crippen molar-refractivity contribution in [3.8, 4) is 0 Å². The molecule has 1 N–H and O–H groups in total. The molecule has 0 fully saturated rings. The first kappa shape index (κ1) is 15.2. The van der Waals surface area contributed by atoms with Crippen molar-refractivity contribution in [2.75, 3.05) is 0 Å². The lowest BCUT2D eigenvalue weighted by Gasteiger charge is -2.23. The number of rotatable bonds is 4. The van der Waals surface area contributed by atoms with E-state index < -0.39 is 0 Å². The van der Waals surface area contributed by atoms with Crippen LogP contribution in [-0.4, -0.2) is 11.1 Å². The van der Waals surface area contributed by atoms with Crippen molar-refractivity contribution in [3.63, 3.8) is 0 Å². The zero-order valence-electron chi connectivity index (χ0n) is 14.0. The highest BCUT2D eigenvalue weighted by Gasteiger charge is 2.21. The van der Waals surface area contributed by atoms with Gasteiger partial charge in [-0.15, -0.1) is 0 Å². The average molecular weight is 317 g/mol. The summed E-state index contributed by atoms with van der Waals surface area (Å²) in [6.07, 6.45) is 6.98. The normalized spacial score (nSPS) is 20.5. The molecule has 0 bridgehead atoms. The molecule has 0 saturated heterocycles. The van der Waals surface area contributed by atoms with Gasteiger partial charge in [-0.1, -0.05) is 60.7 Å². The van der Waals surface area contributed by atoms with Crippen LogP contribution in [0.3, 0.4) is 0 Å². The monoisotopic (exact) mass is 317 g/mol. The smallest absolute Gasteiger partial charge is 0.0760 e. The Morgan fingerprint density at radius 1 is 0.958 bits per heavy atom. The second kappa shape index (κ2) is 6.66. The minimum Gasteiger partial charge on any atom is -0.369 e. The largest absolute Gasteiger partial charge is 0.369 e. The zero-order valence-corrected chi connectivity index (χ0v) is 14.0. The van der Waals surface area contributed by atoms with Crippen molar-refractivity contribution in [2.24, 2.45) is 0 Å². The number of ether oxygens (including phenoxy) is 1. The fourth-order valence-corrected chi connectivity index (χ4v) is 3.63. The lowest BCUT2D eigenvalue weighted by Crippen LogP contribution is -2.16. The minimum absolute atomic E-state index is 0.228. The Bertz CT molecular complexity index is 847. The Labute approximate surface area is 143 Å². The van der Waals surface area contributed by atoms with Crippen molar-refractivity contribution in [2.45, 2.75) is 38.4 Å². The van der Waals surface area contributed by atoms with Crippen molar-refractivity contribution in [3.05, 3.63) is 83.6 Å². The summed E-state index contributed by atoms with van der Waals surface area (Å²) in [6.45, 7) is 2.91. The Balaban J connectivity index is 1.45. The summed E-state index contributed by atoms with van der Waals surface area (Å²) in [5.41, 5.74) is 5.21. The van der Waals surface area contributed by atoms with Gasteiger partial charge in [0.05, 0.1) is 12.7 Å². The Kier molecular flexibility index (Phi) is 4.22. The molecule has 3 aromatic rings. The highest BCUT2D eigenvalue weighted by Crippen LogP contribution is 2.33. The molecule has 0 spiro atoms. The van der Waals surface area contributed by atoms with E-state index in [0.29, 0.717) is 12.5 Å². The van der Waals surface area contributed by atoms with Crippen LogP contribution in [-0.2, 0) is 11.3 Å². The van der Waals surface area contributed by atoms with E-state index in [2.05, 4.69) is 72.6 Å². The maximum Gasteiger partial charge on any atom is 0.0760 e. The second-order valence-corrected chi connectivity index (χ2v) is 6.61. The van der Waals surface area contributed by atoms with Gasteiger partial charge in [0.1, 0.15) is 0 Å². The number of H-pyrrole nitrogens is 1. The highest BCUT2D eigenvalue weighted by atomic mass is 16.5. The van der Waals surface area contributed by atoms with Crippen LogP contribution in [0.2, 0.25) is 0 Å². The third kappa shape index (κ3) is 3.02. The molecule has 1 aliphatic rings. The topological polar surface area (TPSA) is 25.0 Å². The van der Waals surface area contributed by atoms with Crippen LogP contribution < -0.4 is 0 Å². The van der Waals surface area contributed by atoms with Crippen molar-refractivity contribution in [1.82, 2.24) is 4.98 Å². The fraction of sp³-hybridized carbons (Fsp3) is 0.273. The summed E-state index contributed by atoms with van der Waals surface area (Å²) in [6, 6.07) is 18.9. The zero-order chi connectivity index (χ0) is 16.4. The molecule has 0 amide bonds. The molecule has 2 unspecified atom stereocenters. The Hall–Kier alpha value is -2.32. The van der Waals surface area contributed by atoms with Gasteiger partial charge in [-0.25, -0.2) is 0 Å². The number of aryl methyl sites for hydroxylation is 1. The van der Waals surface area contributed by atoms with Crippen LogP contribution in [0.5, 0.6) is 0 Å². The molecule has 122 valence electrons. The molecule has 0 radical (unpaired) electrons. The first-order valence-electron chi connectivity index (χ1n) is 8.72. The van der Waals surface area contributed by atoms with Crippen LogP contribution >= 0.6 is 0 Å². The quantitative estimate of drug-likeness (QED) is 0.632. The second-order valence-electron chi connectivity index (χ2n) is 6.61. The molecule has 2 aromatic carbocycles. The van der Waals surface area contributed by atoms with E-state index in [9.17, 15) is 0 Å². The van der Waals surface area contributed by atoms with Gasteiger partial charge in [-0.05, 0) is 37.0 Å². The van der Waals surface area contributed by atoms with Gasteiger partial charge in [0, 0.05) is 22.5 Å². The molecule has 4 rings (SSSR count). The first-order chi connectivity index (χ1) is 11.8. The number of allylic oxidation sites excluding steroid dienone is 1. The number of benzene rings is 2. The standard InChI is InChI=1S/C22H23NO/c1-16-20-9-5-6-10-21(20)23-22(16)18-11-13-19(14-12-18)24-15-17-7-3-2-4-8-17/h2-11,13,18-19,23H,12,14-15H2,1H3. The van der Waals surface area contributed by atoms with Gasteiger partial charge in [-0.3, -0.25) is 0 Å². The molecule has 1 aliphatic carbocycles. The van der Waals surface area contributed by atoms with Gasteiger partial charge in [-0.2, -0.15) is 0 Å². The number of aromatic amines is 1. The van der Waals surface area contributed by atoms with Gasteiger partial charge >= 0.3 is 0 Å². The highest BCUT2D eigenvalue weighted by molar-refractivity contribution is 5.84. The van der Waals surface area contributed by atoms with E-state index in [4.69, 9.17) is 4.74 Å². The first-order valence-corrected chi connectivity index (χ1v) is 8.72. The van der Waals surface area contributed by atoms with E-state index in [0.717, 1.165) is 12.8 Å². The summed E-state index contributed by atoms with van der Waals surface area (Å²) in [5.74, 6) is 0.467. The Morgan fingerprint density at radius 2 is 1.75 bits per heavy atom. The third-order valence-corrected chi connectivity index (χ3v) is 5.00. The lowest BCUT2D eigenvalue weighted by molar-refractivity contribution is 0.0611. The molecule has 0 aliphatic heterocycles. The fourth-order valence-electron chi connectivity index (χ4n) is 3.63. The summed E-state index contributed by atoms with van der Waals surface area (Å²) < 4.78 is 6.05. The average Bonchev–Trinajstić information content (AvgIpc) is 2.98. The summed E-state index contributed by atoms with van der Waals surface area (Å²) in [4.78, 5) is 3.61. The van der Waals surface area contributed by atoms with Crippen LogP contribution in [0.4, 0.5) is 0 Å². The van der Waals surface area contributed by atoms with Crippen LogP contribution in [0, 0.1) is 6.92 Å². The van der Waals surface area contributed by atoms with Gasteiger partial charge in [0.15, 0.2) is 0 Å². The van der Waals surface area contributed by atoms with Crippen LogP contribution in [0.25, 0.3) is 10.9 Å². The van der Waals surface area contributed by atoms with E-state index in [1.807, 2.05) is 6.07 Å². The predicted octanol–water partition coefficient (Wildman–Crippen LogP) is 5.50. The maximum absolute atomic E-state index is 6.05. The van der Waals surface area contributed by atoms with Gasteiger partial charge in [0.2, 0.25) is 0 Å². The summed E-state index contributed by atoms with van der Waals surface area (Å²) >= 11 is 0. The molecule has 2 heteroatoms. The molecule has 1 heterocycles. The number of hydrogen-bond donors (Lipinski definition) is 1. The lowest BCUT2D eigenvalue weighted by atomic mass is 9.89. The summed E-state index contributed by atoms with van der Waals surface area (Å²) in [5, 5.41) is 1.34. The molecular weight excluding hydrogens is 294 g/mol. The predicted molar refractivity (Wildman–Crippen MR) is 99.2 cm³/mol. The van der Waals surface area contributed by atoms with Crippen LogP contribution in [0.1, 0.15) is 35.6 Å². The van der Waals surface area contributed by atoms with E-state index in [1.54, 1.807) is 0 Å². The number of hydrogen-bond acceptors (Lipinski definition) is 1. The molecule has 0 saturated carbocycles. The van der Waals surface area contributed by atoms with Crippen molar-refractivity contribution < 1.29 is 4.74 Å². The van der Waals surface area contributed by atoms with Crippen molar-refractivity contribution >= 4 is 10.9 Å². The molecular formula is C22H23NO.